The molecule has 0 radical (unpaired) electrons. The minimum atomic E-state index is -0.215. The van der Waals surface area contributed by atoms with Crippen molar-refractivity contribution < 1.29 is 14.4 Å². The zero-order valence-corrected chi connectivity index (χ0v) is 19.4. The quantitative estimate of drug-likeness (QED) is 0.484. The number of thiazole rings is 1. The number of rotatable bonds is 7. The predicted octanol–water partition coefficient (Wildman–Crippen LogP) is 4.20. The Morgan fingerprint density at radius 2 is 1.75 bits per heavy atom. The smallest absolute Gasteiger partial charge is 0.260 e. The number of fused-ring (bicyclic) bond motifs is 1. The lowest BCUT2D eigenvalue weighted by Gasteiger charge is -2.21. The Morgan fingerprint density at radius 1 is 1.06 bits per heavy atom. The minimum absolute atomic E-state index is 0.181. The zero-order valence-electron chi connectivity index (χ0n) is 17.9. The number of amides is 3. The van der Waals surface area contributed by atoms with Crippen molar-refractivity contribution in [2.75, 3.05) is 37.0 Å². The van der Waals surface area contributed by atoms with Crippen molar-refractivity contribution >= 4 is 61.7 Å². The van der Waals surface area contributed by atoms with E-state index in [1.165, 1.54) is 16.2 Å². The summed E-state index contributed by atoms with van der Waals surface area (Å²) in [4.78, 5) is 47.0. The van der Waals surface area contributed by atoms with Crippen LogP contribution in [0.25, 0.3) is 10.2 Å². The van der Waals surface area contributed by atoms with Crippen LogP contribution in [-0.2, 0) is 9.59 Å². The van der Waals surface area contributed by atoms with E-state index >= 15 is 0 Å². The highest BCUT2D eigenvalue weighted by atomic mass is 35.5. The van der Waals surface area contributed by atoms with Gasteiger partial charge in [0.1, 0.15) is 0 Å². The van der Waals surface area contributed by atoms with E-state index in [9.17, 15) is 14.4 Å². The summed E-state index contributed by atoms with van der Waals surface area (Å²) in [7, 11) is 3.98. The normalized spacial score (nSPS) is 14.1. The first kappa shape index (κ1) is 22.4. The monoisotopic (exact) mass is 470 g/mol. The molecule has 0 N–H and O–H groups in total. The molecule has 7 nitrogen and oxygen atoms in total. The van der Waals surface area contributed by atoms with Crippen LogP contribution >= 0.6 is 22.9 Å². The molecule has 1 aromatic heterocycles. The predicted molar refractivity (Wildman–Crippen MR) is 128 cm³/mol. The standard InChI is InChI=1S/C23H23ClN4O3S/c1-26(2)12-3-13-27(23-25-18-9-6-16(24)14-19(18)32-23)22(31)15-4-7-17(8-5-15)28-20(29)10-11-21(28)30/h4-9,14H,3,10-13H2,1-2H3. The van der Waals surface area contributed by atoms with Gasteiger partial charge in [-0.3, -0.25) is 24.2 Å². The SMILES string of the molecule is CN(C)CCCN(C(=O)c1ccc(N2C(=O)CCC2=O)cc1)c1nc2ccc(Cl)cc2s1. The Balaban J connectivity index is 1.61. The summed E-state index contributed by atoms with van der Waals surface area (Å²) in [6.07, 6.45) is 1.23. The maximum absolute atomic E-state index is 13.4. The largest absolute Gasteiger partial charge is 0.309 e. The average molecular weight is 471 g/mol. The van der Waals surface area contributed by atoms with Crippen LogP contribution in [-0.4, -0.2) is 54.8 Å². The van der Waals surface area contributed by atoms with Gasteiger partial charge in [0.25, 0.3) is 5.91 Å². The molecule has 0 spiro atoms. The fraction of sp³-hybridized carbons (Fsp3) is 0.304. The van der Waals surface area contributed by atoms with Gasteiger partial charge in [0.15, 0.2) is 5.13 Å². The van der Waals surface area contributed by atoms with Gasteiger partial charge < -0.3 is 4.90 Å². The van der Waals surface area contributed by atoms with E-state index in [1.807, 2.05) is 26.2 Å². The lowest BCUT2D eigenvalue weighted by atomic mass is 10.1. The summed E-state index contributed by atoms with van der Waals surface area (Å²) in [5.41, 5.74) is 1.75. The molecule has 1 saturated heterocycles. The highest BCUT2D eigenvalue weighted by Gasteiger charge is 2.30. The van der Waals surface area contributed by atoms with E-state index in [0.29, 0.717) is 27.9 Å². The van der Waals surface area contributed by atoms with Gasteiger partial charge in [-0.15, -0.1) is 0 Å². The Morgan fingerprint density at radius 3 is 2.41 bits per heavy atom. The molecule has 1 aliphatic rings. The van der Waals surface area contributed by atoms with Crippen molar-refractivity contribution in [3.63, 3.8) is 0 Å². The molecule has 32 heavy (non-hydrogen) atoms. The van der Waals surface area contributed by atoms with E-state index in [2.05, 4.69) is 9.88 Å². The van der Waals surface area contributed by atoms with Crippen molar-refractivity contribution in [1.82, 2.24) is 9.88 Å². The van der Waals surface area contributed by atoms with E-state index in [4.69, 9.17) is 11.6 Å². The lowest BCUT2D eigenvalue weighted by Crippen LogP contribution is -2.33. The highest BCUT2D eigenvalue weighted by Crippen LogP contribution is 2.32. The Kier molecular flexibility index (Phi) is 6.55. The number of halogens is 1. The lowest BCUT2D eigenvalue weighted by molar-refractivity contribution is -0.121. The molecule has 0 atom stereocenters. The molecular weight excluding hydrogens is 448 g/mol. The van der Waals surface area contributed by atoms with Gasteiger partial charge in [0.2, 0.25) is 11.8 Å². The highest BCUT2D eigenvalue weighted by molar-refractivity contribution is 7.22. The third kappa shape index (κ3) is 4.67. The molecule has 2 heterocycles. The molecule has 1 aliphatic heterocycles. The molecule has 0 saturated carbocycles. The van der Waals surface area contributed by atoms with Gasteiger partial charge in [-0.1, -0.05) is 22.9 Å². The zero-order chi connectivity index (χ0) is 22.8. The van der Waals surface area contributed by atoms with Crippen molar-refractivity contribution in [2.24, 2.45) is 0 Å². The molecular formula is C23H23ClN4O3S. The van der Waals surface area contributed by atoms with Crippen LogP contribution < -0.4 is 9.80 Å². The number of anilines is 2. The topological polar surface area (TPSA) is 73.8 Å². The van der Waals surface area contributed by atoms with Crippen molar-refractivity contribution in [3.8, 4) is 0 Å². The second kappa shape index (κ2) is 9.36. The number of benzene rings is 2. The first-order valence-corrected chi connectivity index (χ1v) is 11.5. The molecule has 2 aromatic carbocycles. The fourth-order valence-electron chi connectivity index (χ4n) is 3.60. The molecule has 166 valence electrons. The van der Waals surface area contributed by atoms with E-state index in [-0.39, 0.29) is 30.6 Å². The molecule has 0 unspecified atom stereocenters. The van der Waals surface area contributed by atoms with E-state index < -0.39 is 0 Å². The summed E-state index contributed by atoms with van der Waals surface area (Å²) in [6, 6.07) is 12.1. The van der Waals surface area contributed by atoms with Gasteiger partial charge in [-0.2, -0.15) is 0 Å². The number of carbonyl (C=O) groups is 3. The van der Waals surface area contributed by atoms with Crippen molar-refractivity contribution in [3.05, 3.63) is 53.1 Å². The van der Waals surface area contributed by atoms with Crippen LogP contribution in [0.15, 0.2) is 42.5 Å². The summed E-state index contributed by atoms with van der Waals surface area (Å²) in [5, 5.41) is 1.24. The first-order chi connectivity index (χ1) is 15.3. The Bertz CT molecular complexity index is 1160. The molecule has 1 fully saturated rings. The molecule has 3 aromatic rings. The van der Waals surface area contributed by atoms with Crippen LogP contribution in [0.1, 0.15) is 29.6 Å². The maximum Gasteiger partial charge on any atom is 0.260 e. The van der Waals surface area contributed by atoms with E-state index in [1.54, 1.807) is 35.2 Å². The van der Waals surface area contributed by atoms with Crippen LogP contribution in [0.5, 0.6) is 0 Å². The first-order valence-electron chi connectivity index (χ1n) is 10.3. The number of nitrogens with zero attached hydrogens (tertiary/aromatic N) is 4. The Hall–Kier alpha value is -2.81. The number of aromatic nitrogens is 1. The summed E-state index contributed by atoms with van der Waals surface area (Å²) in [6.45, 7) is 1.34. The van der Waals surface area contributed by atoms with Crippen LogP contribution in [0.4, 0.5) is 10.8 Å². The van der Waals surface area contributed by atoms with Gasteiger partial charge in [-0.25, -0.2) is 4.98 Å². The average Bonchev–Trinajstić information content (AvgIpc) is 3.32. The van der Waals surface area contributed by atoms with Crippen molar-refractivity contribution in [1.29, 1.82) is 0 Å². The third-order valence-corrected chi connectivity index (χ3v) is 6.50. The van der Waals surface area contributed by atoms with Crippen LogP contribution in [0.2, 0.25) is 5.02 Å². The van der Waals surface area contributed by atoms with Gasteiger partial charge >= 0.3 is 0 Å². The van der Waals surface area contributed by atoms with Crippen LogP contribution in [0, 0.1) is 0 Å². The maximum atomic E-state index is 13.4. The Labute approximate surface area is 195 Å². The number of carbonyl (C=O) groups excluding carboxylic acids is 3. The number of imide groups is 1. The second-order valence-electron chi connectivity index (χ2n) is 7.89. The third-order valence-electron chi connectivity index (χ3n) is 5.23. The van der Waals surface area contributed by atoms with Gasteiger partial charge in [0.05, 0.1) is 15.9 Å². The van der Waals surface area contributed by atoms with Gasteiger partial charge in [0, 0.05) is 30.0 Å². The molecule has 3 amide bonds. The molecule has 0 bridgehead atoms. The summed E-state index contributed by atoms with van der Waals surface area (Å²) in [5.74, 6) is -0.611. The summed E-state index contributed by atoms with van der Waals surface area (Å²) >= 11 is 7.54. The molecule has 0 aliphatic carbocycles. The molecule has 4 rings (SSSR count). The number of hydrogen-bond acceptors (Lipinski definition) is 6. The second-order valence-corrected chi connectivity index (χ2v) is 9.34. The minimum Gasteiger partial charge on any atom is -0.309 e. The van der Waals surface area contributed by atoms with Crippen molar-refractivity contribution in [2.45, 2.75) is 19.3 Å². The molecule has 9 heteroatoms. The van der Waals surface area contributed by atoms with Crippen LogP contribution in [0.3, 0.4) is 0 Å². The summed E-state index contributed by atoms with van der Waals surface area (Å²) < 4.78 is 0.916. The number of hydrogen-bond donors (Lipinski definition) is 0. The van der Waals surface area contributed by atoms with Gasteiger partial charge in [-0.05, 0) is 69.5 Å². The fourth-order valence-corrected chi connectivity index (χ4v) is 4.87. The van der Waals surface area contributed by atoms with E-state index in [0.717, 1.165) is 23.2 Å².